The van der Waals surface area contributed by atoms with Gasteiger partial charge in [-0.05, 0) is 79.4 Å². The molecule has 0 spiro atoms. The average molecular weight is 772 g/mol. The Bertz CT molecular complexity index is 2140. The maximum absolute atomic E-state index is 14.8. The minimum atomic E-state index is -0.273. The fraction of sp³-hybridized carbons (Fsp3) is 0.341. The smallest absolute Gasteiger partial charge is 0.264 e. The molecule has 3 aliphatic rings. The van der Waals surface area contributed by atoms with Gasteiger partial charge >= 0.3 is 0 Å². The molecule has 0 bridgehead atoms. The molecule has 54 heavy (non-hydrogen) atoms. The van der Waals surface area contributed by atoms with Crippen LogP contribution < -0.4 is 4.90 Å². The first-order chi connectivity index (χ1) is 25.7. The van der Waals surface area contributed by atoms with Gasteiger partial charge in [0.05, 0.1) is 43.3 Å². The molecule has 8 rings (SSSR count). The number of anilines is 2. The lowest BCUT2D eigenvalue weighted by Gasteiger charge is -2.40. The number of benzene rings is 3. The van der Waals surface area contributed by atoms with Gasteiger partial charge in [-0.1, -0.05) is 35.9 Å². The fourth-order valence-corrected chi connectivity index (χ4v) is 7.97. The third-order valence-corrected chi connectivity index (χ3v) is 11.1. The third-order valence-electron chi connectivity index (χ3n) is 10.9. The Hall–Kier alpha value is -4.65. The highest BCUT2D eigenvalue weighted by molar-refractivity contribution is 6.31. The Morgan fingerprint density at radius 2 is 1.70 bits per heavy atom. The number of hydrogen-bond donors (Lipinski definition) is 1. The number of phenols is 1. The van der Waals surface area contributed by atoms with Crippen LogP contribution in [0.1, 0.15) is 50.0 Å². The lowest BCUT2D eigenvalue weighted by atomic mass is 9.92. The molecule has 0 aliphatic carbocycles. The summed E-state index contributed by atoms with van der Waals surface area (Å²) in [4.78, 5) is 35.6. The van der Waals surface area contributed by atoms with Gasteiger partial charge in [-0.15, -0.1) is 12.4 Å². The molecule has 2 amide bonds. The maximum Gasteiger partial charge on any atom is 0.264 e. The molecule has 1 unspecified atom stereocenters. The first-order valence-corrected chi connectivity index (χ1v) is 18.5. The molecule has 2 saturated heterocycles. The highest BCUT2D eigenvalue weighted by Crippen LogP contribution is 2.36. The maximum atomic E-state index is 14.8. The van der Waals surface area contributed by atoms with Crippen LogP contribution in [0.15, 0.2) is 85.2 Å². The van der Waals surface area contributed by atoms with Crippen LogP contribution in [0, 0.1) is 6.92 Å². The van der Waals surface area contributed by atoms with Crippen LogP contribution in [0.5, 0.6) is 5.75 Å². The summed E-state index contributed by atoms with van der Waals surface area (Å²) in [7, 11) is 1.90. The monoisotopic (exact) mass is 770 g/mol. The van der Waals surface area contributed by atoms with E-state index in [2.05, 4.69) is 28.2 Å². The highest BCUT2D eigenvalue weighted by atomic mass is 35.5. The lowest BCUT2D eigenvalue weighted by molar-refractivity contribution is 0.0193. The molecule has 5 aromatic rings. The van der Waals surface area contributed by atoms with Gasteiger partial charge in [-0.3, -0.25) is 24.1 Å². The van der Waals surface area contributed by atoms with E-state index in [1.165, 1.54) is 5.56 Å². The number of nitrogens with zero attached hydrogens (tertiary/aromatic N) is 6. The Kier molecular flexibility index (Phi) is 11.1. The number of hydrogen-bond acceptors (Lipinski definition) is 7. The molecule has 0 radical (unpaired) electrons. The van der Waals surface area contributed by atoms with Crippen LogP contribution >= 0.6 is 24.0 Å². The molecule has 3 aliphatic heterocycles. The van der Waals surface area contributed by atoms with Crippen molar-refractivity contribution in [2.45, 2.75) is 38.4 Å². The molecule has 1 N–H and O–H groups in total. The number of aromatic nitrogens is 3. The van der Waals surface area contributed by atoms with E-state index in [1.807, 2.05) is 52.5 Å². The predicted molar refractivity (Wildman–Crippen MR) is 210 cm³/mol. The Morgan fingerprint density at radius 3 is 2.44 bits per heavy atom. The van der Waals surface area contributed by atoms with Crippen molar-refractivity contribution < 1.29 is 24.2 Å². The van der Waals surface area contributed by atoms with Gasteiger partial charge in [-0.2, -0.15) is 5.10 Å². The van der Waals surface area contributed by atoms with E-state index < -0.39 is 0 Å². The topological polar surface area (TPSA) is 105 Å². The van der Waals surface area contributed by atoms with E-state index in [-0.39, 0.29) is 42.1 Å². The van der Waals surface area contributed by atoms with Gasteiger partial charge in [-0.25, -0.2) is 0 Å². The van der Waals surface area contributed by atoms with Crippen molar-refractivity contribution in [1.29, 1.82) is 0 Å². The highest BCUT2D eigenvalue weighted by Gasteiger charge is 2.34. The van der Waals surface area contributed by atoms with Gasteiger partial charge in [0.25, 0.3) is 11.8 Å². The van der Waals surface area contributed by atoms with Crippen LogP contribution in [-0.2, 0) is 29.5 Å². The molecular formula is C41H44Cl2N6O5. The number of halogens is 2. The summed E-state index contributed by atoms with van der Waals surface area (Å²) in [5, 5.41) is 15.2. The average Bonchev–Trinajstić information content (AvgIpc) is 3.94. The number of carbonyl (C=O) groups is 2. The van der Waals surface area contributed by atoms with Crippen molar-refractivity contribution in [3.63, 3.8) is 0 Å². The zero-order chi connectivity index (χ0) is 36.6. The molecule has 5 heterocycles. The number of ether oxygens (including phenoxy) is 2. The van der Waals surface area contributed by atoms with E-state index in [9.17, 15) is 14.7 Å². The van der Waals surface area contributed by atoms with Gasteiger partial charge in [0.1, 0.15) is 5.75 Å². The van der Waals surface area contributed by atoms with Crippen LogP contribution in [-0.4, -0.2) is 93.2 Å². The number of carbonyl (C=O) groups excluding carboxylic acids is 2. The SMILES string of the molecule is Cc1c(C(=O)N(c2ccc(O)cc2)c2cnn(C3CCOC3)c2)cc(-c2cc(Cl)ccc2C(=O)N2Cc3ccccc3C[C@H]2CN2CCOCC2)n1C.Cl. The van der Waals surface area contributed by atoms with Crippen molar-refractivity contribution in [2.75, 3.05) is 51.0 Å². The van der Waals surface area contributed by atoms with E-state index in [0.717, 1.165) is 43.7 Å². The zero-order valence-corrected chi connectivity index (χ0v) is 31.9. The van der Waals surface area contributed by atoms with Crippen molar-refractivity contribution in [3.05, 3.63) is 118 Å². The minimum absolute atomic E-state index is 0. The summed E-state index contributed by atoms with van der Waals surface area (Å²) < 4.78 is 15.0. The Balaban J connectivity index is 0.00000450. The molecule has 2 aromatic heterocycles. The van der Waals surface area contributed by atoms with E-state index in [0.29, 0.717) is 71.8 Å². The largest absolute Gasteiger partial charge is 0.508 e. The van der Waals surface area contributed by atoms with Crippen LogP contribution in [0.3, 0.4) is 0 Å². The van der Waals surface area contributed by atoms with Gasteiger partial charge < -0.3 is 24.0 Å². The van der Waals surface area contributed by atoms with E-state index in [4.69, 9.17) is 21.1 Å². The quantitative estimate of drug-likeness (QED) is 0.185. The van der Waals surface area contributed by atoms with Crippen molar-refractivity contribution in [1.82, 2.24) is 24.1 Å². The van der Waals surface area contributed by atoms with Crippen molar-refractivity contribution in [2.24, 2.45) is 7.05 Å². The van der Waals surface area contributed by atoms with Crippen LogP contribution in [0.25, 0.3) is 11.3 Å². The molecule has 282 valence electrons. The number of aromatic hydroxyl groups is 1. The summed E-state index contributed by atoms with van der Waals surface area (Å²) in [6, 6.07) is 22.2. The van der Waals surface area contributed by atoms with Gasteiger partial charge in [0, 0.05) is 85.3 Å². The number of morpholine rings is 1. The van der Waals surface area contributed by atoms with Gasteiger partial charge in [0.2, 0.25) is 0 Å². The second kappa shape index (κ2) is 16.0. The van der Waals surface area contributed by atoms with E-state index >= 15 is 0 Å². The zero-order valence-electron chi connectivity index (χ0n) is 30.4. The third kappa shape index (κ3) is 7.39. The number of amides is 2. The minimum Gasteiger partial charge on any atom is -0.508 e. The summed E-state index contributed by atoms with van der Waals surface area (Å²) in [6.45, 7) is 7.44. The predicted octanol–water partition coefficient (Wildman–Crippen LogP) is 6.82. The second-order valence-electron chi connectivity index (χ2n) is 14.1. The van der Waals surface area contributed by atoms with Crippen LogP contribution in [0.4, 0.5) is 11.4 Å². The van der Waals surface area contributed by atoms with Crippen molar-refractivity contribution in [3.8, 4) is 17.0 Å². The molecule has 13 heteroatoms. The van der Waals surface area contributed by atoms with Crippen LogP contribution in [0.2, 0.25) is 5.02 Å². The second-order valence-corrected chi connectivity index (χ2v) is 14.5. The fourth-order valence-electron chi connectivity index (χ4n) is 7.79. The molecule has 2 fully saturated rings. The summed E-state index contributed by atoms with van der Waals surface area (Å²) >= 11 is 6.66. The number of phenolic OH excluding ortho intramolecular Hbond substituents is 1. The standard InChI is InChI=1S/C41H43ClN6O5.ClH/c1-27-37(41(51)48(31-8-10-35(49)11-9-31)34-22-43-47(25-34)32-13-16-53-26-32)21-39(44(27)2)38-20-30(42)7-12-36(38)40(50)46-23-29-6-4-3-5-28(29)19-33(46)24-45-14-17-52-18-15-45;/h3-12,20-22,25,32-33,49H,13-19,23-24,26H2,1-2H3;1H/t32?,33-;/m0./s1. The lowest BCUT2D eigenvalue weighted by Crippen LogP contribution is -2.52. The van der Waals surface area contributed by atoms with E-state index in [1.54, 1.807) is 47.5 Å². The summed E-state index contributed by atoms with van der Waals surface area (Å²) in [5.41, 5.74) is 6.65. The van der Waals surface area contributed by atoms with Crippen molar-refractivity contribution >= 4 is 47.2 Å². The summed E-state index contributed by atoms with van der Waals surface area (Å²) in [5.74, 6) is -0.253. The number of fused-ring (bicyclic) bond motifs is 1. The molecule has 2 atom stereocenters. The first-order valence-electron chi connectivity index (χ1n) is 18.1. The number of rotatable bonds is 8. The molecular weight excluding hydrogens is 727 g/mol. The first kappa shape index (κ1) is 37.7. The molecule has 3 aromatic carbocycles. The Morgan fingerprint density at radius 1 is 0.944 bits per heavy atom. The normalized spacial score (nSPS) is 18.6. The van der Waals surface area contributed by atoms with Gasteiger partial charge in [0.15, 0.2) is 0 Å². The molecule has 11 nitrogen and oxygen atoms in total. The Labute approximate surface area is 326 Å². The molecule has 0 saturated carbocycles. The summed E-state index contributed by atoms with van der Waals surface area (Å²) in [6.07, 6.45) is 5.15.